The second-order valence-electron chi connectivity index (χ2n) is 5.75. The van der Waals surface area contributed by atoms with Gasteiger partial charge in [0.05, 0.1) is 0 Å². The van der Waals surface area contributed by atoms with Gasteiger partial charge in [-0.25, -0.2) is 0 Å². The summed E-state index contributed by atoms with van der Waals surface area (Å²) in [5.41, 5.74) is 2.78. The second kappa shape index (κ2) is 7.15. The van der Waals surface area contributed by atoms with E-state index in [1.54, 1.807) is 0 Å². The Hall–Kier alpha value is -1.37. The van der Waals surface area contributed by atoms with Crippen molar-refractivity contribution in [2.24, 2.45) is 5.41 Å². The molecule has 18 heavy (non-hydrogen) atoms. The molecular weight excluding hydrogens is 220 g/mol. The smallest absolute Gasteiger partial charge is 0.142 e. The third-order valence-corrected chi connectivity index (χ3v) is 3.13. The predicted octanol–water partition coefficient (Wildman–Crippen LogP) is 4.77. The molecule has 0 bridgehead atoms. The van der Waals surface area contributed by atoms with Crippen molar-refractivity contribution in [3.05, 3.63) is 47.6 Å². The molecule has 0 N–H and O–H groups in total. The van der Waals surface area contributed by atoms with Gasteiger partial charge in [-0.05, 0) is 42.7 Å². The van der Waals surface area contributed by atoms with Gasteiger partial charge in [0.2, 0.25) is 0 Å². The summed E-state index contributed by atoms with van der Waals surface area (Å²) in [4.78, 5) is 10.3. The number of aldehydes is 1. The lowest BCUT2D eigenvalue weighted by Gasteiger charge is -2.20. The van der Waals surface area contributed by atoms with E-state index in [0.29, 0.717) is 0 Å². The average molecular weight is 244 g/mol. The van der Waals surface area contributed by atoms with Gasteiger partial charge in [-0.3, -0.25) is 4.79 Å². The van der Waals surface area contributed by atoms with Crippen LogP contribution in [0.1, 0.15) is 46.5 Å². The van der Waals surface area contributed by atoms with E-state index >= 15 is 0 Å². The molecule has 0 radical (unpaired) electrons. The zero-order valence-electron chi connectivity index (χ0n) is 11.8. The molecule has 0 heterocycles. The van der Waals surface area contributed by atoms with Crippen molar-refractivity contribution < 1.29 is 4.79 Å². The Morgan fingerprint density at radius 3 is 2.56 bits per heavy atom. The third kappa shape index (κ3) is 5.31. The Morgan fingerprint density at radius 1 is 1.22 bits per heavy atom. The molecule has 1 rings (SSSR count). The number of rotatable bonds is 4. The molecule has 0 unspecified atom stereocenters. The van der Waals surface area contributed by atoms with Gasteiger partial charge in [0.15, 0.2) is 0 Å². The minimum atomic E-state index is 0.0962. The van der Waals surface area contributed by atoms with Gasteiger partial charge in [0.25, 0.3) is 0 Å². The van der Waals surface area contributed by atoms with Crippen LogP contribution in [0.5, 0.6) is 0 Å². The summed E-state index contributed by atoms with van der Waals surface area (Å²) in [6.45, 7) is 6.56. The summed E-state index contributed by atoms with van der Waals surface area (Å²) >= 11 is 0. The zero-order chi connectivity index (χ0) is 13.4. The molecule has 0 aromatic carbocycles. The first-order valence-corrected chi connectivity index (χ1v) is 6.74. The summed E-state index contributed by atoms with van der Waals surface area (Å²) in [6.07, 6.45) is 17.9. The van der Waals surface area contributed by atoms with Crippen molar-refractivity contribution in [1.29, 1.82) is 0 Å². The fourth-order valence-corrected chi connectivity index (χ4v) is 1.97. The molecule has 0 fully saturated rings. The minimum absolute atomic E-state index is 0.0962. The monoisotopic (exact) mass is 244 g/mol. The first kappa shape index (κ1) is 14.7. The van der Waals surface area contributed by atoms with Gasteiger partial charge in [-0.1, -0.05) is 56.7 Å². The van der Waals surface area contributed by atoms with Crippen LogP contribution in [0.2, 0.25) is 0 Å². The van der Waals surface area contributed by atoms with E-state index in [2.05, 4.69) is 39.0 Å². The first-order valence-electron chi connectivity index (χ1n) is 6.74. The van der Waals surface area contributed by atoms with Crippen molar-refractivity contribution in [3.8, 4) is 0 Å². The van der Waals surface area contributed by atoms with Crippen LogP contribution < -0.4 is 0 Å². The van der Waals surface area contributed by atoms with Gasteiger partial charge in [-0.15, -0.1) is 0 Å². The van der Waals surface area contributed by atoms with Gasteiger partial charge in [-0.2, -0.15) is 0 Å². The minimum Gasteiger partial charge on any atom is -0.299 e. The van der Waals surface area contributed by atoms with E-state index < -0.39 is 0 Å². The summed E-state index contributed by atoms with van der Waals surface area (Å²) in [5, 5.41) is 0. The lowest BCUT2D eigenvalue weighted by molar-refractivity contribution is -0.104. The number of carbonyl (C=O) groups is 1. The van der Waals surface area contributed by atoms with Crippen molar-refractivity contribution in [1.82, 2.24) is 0 Å². The van der Waals surface area contributed by atoms with Crippen LogP contribution in [-0.2, 0) is 4.79 Å². The highest BCUT2D eigenvalue weighted by Gasteiger charge is 2.13. The van der Waals surface area contributed by atoms with Crippen LogP contribution in [0.25, 0.3) is 0 Å². The molecule has 0 aliphatic heterocycles. The first-order chi connectivity index (χ1) is 8.54. The Balaban J connectivity index is 2.81. The zero-order valence-corrected chi connectivity index (χ0v) is 11.8. The summed E-state index contributed by atoms with van der Waals surface area (Å²) in [5.74, 6) is 0. The molecule has 0 saturated carbocycles. The molecule has 1 nitrogen and oxygen atoms in total. The number of hydrogen-bond acceptors (Lipinski definition) is 1. The SMILES string of the molecule is CC(C)(C)C(=C\C=C\C=O)/C=C/C1=CCCCC1. The van der Waals surface area contributed by atoms with Crippen LogP contribution in [0, 0.1) is 5.41 Å². The van der Waals surface area contributed by atoms with E-state index in [4.69, 9.17) is 0 Å². The maximum absolute atomic E-state index is 10.3. The van der Waals surface area contributed by atoms with E-state index in [9.17, 15) is 4.79 Å². The van der Waals surface area contributed by atoms with Crippen LogP contribution in [0.4, 0.5) is 0 Å². The Bertz CT molecular complexity index is 386. The maximum atomic E-state index is 10.3. The van der Waals surface area contributed by atoms with E-state index in [1.807, 2.05) is 12.2 Å². The quantitative estimate of drug-likeness (QED) is 0.395. The second-order valence-corrected chi connectivity index (χ2v) is 5.75. The molecule has 0 atom stereocenters. The number of allylic oxidation sites excluding steroid dienone is 8. The molecular formula is C17H24O. The molecule has 98 valence electrons. The predicted molar refractivity (Wildman–Crippen MR) is 78.4 cm³/mol. The maximum Gasteiger partial charge on any atom is 0.142 e. The molecule has 0 aromatic heterocycles. The summed E-state index contributed by atoms with van der Waals surface area (Å²) in [6, 6.07) is 0. The Labute approximate surface area is 111 Å². The van der Waals surface area contributed by atoms with Gasteiger partial charge in [0.1, 0.15) is 6.29 Å². The van der Waals surface area contributed by atoms with Crippen molar-refractivity contribution in [2.75, 3.05) is 0 Å². The summed E-state index contributed by atoms with van der Waals surface area (Å²) in [7, 11) is 0. The van der Waals surface area contributed by atoms with Crippen molar-refractivity contribution in [2.45, 2.75) is 46.5 Å². The lowest BCUT2D eigenvalue weighted by Crippen LogP contribution is -2.07. The highest BCUT2D eigenvalue weighted by Crippen LogP contribution is 2.27. The van der Waals surface area contributed by atoms with Crippen LogP contribution in [0.3, 0.4) is 0 Å². The van der Waals surface area contributed by atoms with Gasteiger partial charge >= 0.3 is 0 Å². The van der Waals surface area contributed by atoms with Crippen molar-refractivity contribution in [3.63, 3.8) is 0 Å². The number of hydrogen-bond donors (Lipinski definition) is 0. The topological polar surface area (TPSA) is 17.1 Å². The van der Waals surface area contributed by atoms with Crippen LogP contribution in [0.15, 0.2) is 47.6 Å². The lowest BCUT2D eigenvalue weighted by atomic mass is 9.85. The molecule has 0 spiro atoms. The third-order valence-electron chi connectivity index (χ3n) is 3.13. The largest absolute Gasteiger partial charge is 0.299 e. The molecule has 1 aliphatic carbocycles. The summed E-state index contributed by atoms with van der Waals surface area (Å²) < 4.78 is 0. The van der Waals surface area contributed by atoms with Crippen LogP contribution in [-0.4, -0.2) is 6.29 Å². The Kier molecular flexibility index (Phi) is 5.84. The van der Waals surface area contributed by atoms with E-state index in [1.165, 1.54) is 42.9 Å². The fourth-order valence-electron chi connectivity index (χ4n) is 1.97. The standard InChI is InChI=1S/C17H24O/c1-17(2,3)16(11-7-8-14-18)13-12-15-9-5-4-6-10-15/h7-9,11-14H,4-6,10H2,1-3H3/b8-7+,13-12+,16-11-. The van der Waals surface area contributed by atoms with E-state index in [-0.39, 0.29) is 5.41 Å². The highest BCUT2D eigenvalue weighted by atomic mass is 16.1. The Morgan fingerprint density at radius 2 is 2.00 bits per heavy atom. The average Bonchev–Trinajstić information content (AvgIpc) is 2.33. The molecule has 0 amide bonds. The molecule has 0 saturated heterocycles. The molecule has 1 heteroatoms. The molecule has 1 aliphatic rings. The fraction of sp³-hybridized carbons (Fsp3) is 0.471. The molecule has 0 aromatic rings. The highest BCUT2D eigenvalue weighted by molar-refractivity contribution is 5.65. The normalized spacial score (nSPS) is 18.4. The van der Waals surface area contributed by atoms with Gasteiger partial charge < -0.3 is 0 Å². The van der Waals surface area contributed by atoms with Crippen molar-refractivity contribution >= 4 is 6.29 Å². The van der Waals surface area contributed by atoms with E-state index in [0.717, 1.165) is 6.29 Å². The number of carbonyl (C=O) groups excluding carboxylic acids is 1. The van der Waals surface area contributed by atoms with Gasteiger partial charge in [0, 0.05) is 0 Å². The van der Waals surface area contributed by atoms with Crippen LogP contribution >= 0.6 is 0 Å².